The fourth-order valence-corrected chi connectivity index (χ4v) is 2.18. The van der Waals surface area contributed by atoms with Crippen molar-refractivity contribution in [1.29, 1.82) is 0 Å². The van der Waals surface area contributed by atoms with Crippen LogP contribution >= 0.6 is 12.2 Å². The van der Waals surface area contributed by atoms with Crippen molar-refractivity contribution in [2.24, 2.45) is 5.73 Å². The molecule has 1 saturated heterocycles. The van der Waals surface area contributed by atoms with Crippen molar-refractivity contribution in [2.75, 3.05) is 24.6 Å². The molecule has 0 aromatic heterocycles. The molecule has 17 heavy (non-hydrogen) atoms. The Morgan fingerprint density at radius 3 is 3.00 bits per heavy atom. The number of halogens is 1. The van der Waals surface area contributed by atoms with Gasteiger partial charge in [-0.2, -0.15) is 0 Å². The summed E-state index contributed by atoms with van der Waals surface area (Å²) in [6.45, 7) is 4.21. The van der Waals surface area contributed by atoms with Crippen LogP contribution in [0.4, 0.5) is 10.1 Å². The van der Waals surface area contributed by atoms with Gasteiger partial charge in [0.1, 0.15) is 10.8 Å². The number of nitrogens with two attached hydrogens (primary N) is 1. The van der Waals surface area contributed by atoms with E-state index in [0.717, 1.165) is 18.8 Å². The summed E-state index contributed by atoms with van der Waals surface area (Å²) < 4.78 is 18.7. The number of thiocarbonyl (C=S) groups is 1. The van der Waals surface area contributed by atoms with Gasteiger partial charge in [0.25, 0.3) is 0 Å². The van der Waals surface area contributed by atoms with Crippen molar-refractivity contribution in [3.63, 3.8) is 0 Å². The summed E-state index contributed by atoms with van der Waals surface area (Å²) in [7, 11) is 0. The number of nitrogens with zero attached hydrogens (tertiary/aromatic N) is 1. The van der Waals surface area contributed by atoms with Gasteiger partial charge in [0.2, 0.25) is 0 Å². The van der Waals surface area contributed by atoms with Gasteiger partial charge in [-0.25, -0.2) is 4.39 Å². The van der Waals surface area contributed by atoms with Gasteiger partial charge in [-0.1, -0.05) is 12.2 Å². The zero-order chi connectivity index (χ0) is 12.4. The molecule has 1 aromatic carbocycles. The predicted molar refractivity (Wildman–Crippen MR) is 69.9 cm³/mol. The molecule has 92 valence electrons. The summed E-state index contributed by atoms with van der Waals surface area (Å²) >= 11 is 4.96. The smallest absolute Gasteiger partial charge is 0.124 e. The zero-order valence-electron chi connectivity index (χ0n) is 9.65. The van der Waals surface area contributed by atoms with E-state index in [4.69, 9.17) is 22.7 Å². The van der Waals surface area contributed by atoms with Crippen LogP contribution in [0.15, 0.2) is 18.2 Å². The van der Waals surface area contributed by atoms with E-state index in [-0.39, 0.29) is 16.9 Å². The van der Waals surface area contributed by atoms with Crippen LogP contribution < -0.4 is 10.6 Å². The van der Waals surface area contributed by atoms with Crippen LogP contribution in [0.2, 0.25) is 0 Å². The van der Waals surface area contributed by atoms with Crippen LogP contribution in [-0.2, 0) is 4.74 Å². The van der Waals surface area contributed by atoms with Crippen molar-refractivity contribution in [3.05, 3.63) is 29.6 Å². The zero-order valence-corrected chi connectivity index (χ0v) is 10.5. The molecule has 0 spiro atoms. The van der Waals surface area contributed by atoms with E-state index in [9.17, 15) is 4.39 Å². The first-order valence-corrected chi connectivity index (χ1v) is 5.94. The van der Waals surface area contributed by atoms with Gasteiger partial charge < -0.3 is 15.4 Å². The molecule has 0 aliphatic carbocycles. The first-order valence-electron chi connectivity index (χ1n) is 5.54. The van der Waals surface area contributed by atoms with E-state index < -0.39 is 0 Å². The third-order valence-electron chi connectivity index (χ3n) is 2.81. The Kier molecular flexibility index (Phi) is 3.59. The number of morpholine rings is 1. The number of anilines is 1. The Morgan fingerprint density at radius 2 is 2.35 bits per heavy atom. The molecule has 1 aliphatic rings. The first kappa shape index (κ1) is 12.3. The highest BCUT2D eigenvalue weighted by Gasteiger charge is 2.20. The van der Waals surface area contributed by atoms with Crippen molar-refractivity contribution in [2.45, 2.75) is 13.0 Å². The van der Waals surface area contributed by atoms with Crippen LogP contribution in [-0.4, -0.2) is 30.8 Å². The second kappa shape index (κ2) is 4.98. The molecule has 1 atom stereocenters. The number of hydrogen-bond donors (Lipinski definition) is 1. The highest BCUT2D eigenvalue weighted by molar-refractivity contribution is 7.80. The summed E-state index contributed by atoms with van der Waals surface area (Å²) in [5.74, 6) is -0.321. The predicted octanol–water partition coefficient (Wildman–Crippen LogP) is 1.69. The van der Waals surface area contributed by atoms with Crippen molar-refractivity contribution < 1.29 is 9.13 Å². The lowest BCUT2D eigenvalue weighted by Gasteiger charge is -2.34. The third kappa shape index (κ3) is 2.73. The molecule has 3 nitrogen and oxygen atoms in total. The highest BCUT2D eigenvalue weighted by Crippen LogP contribution is 2.23. The maximum Gasteiger partial charge on any atom is 0.124 e. The Hall–Kier alpha value is -1.20. The van der Waals surface area contributed by atoms with Gasteiger partial charge in [-0.05, 0) is 25.1 Å². The van der Waals surface area contributed by atoms with E-state index >= 15 is 0 Å². The summed E-state index contributed by atoms with van der Waals surface area (Å²) in [5.41, 5.74) is 7.11. The summed E-state index contributed by atoms with van der Waals surface area (Å²) in [4.78, 5) is 2.35. The molecule has 2 N–H and O–H groups in total. The van der Waals surface area contributed by atoms with Crippen molar-refractivity contribution >= 4 is 22.9 Å². The minimum atomic E-state index is -0.321. The molecule has 2 rings (SSSR count). The minimum absolute atomic E-state index is 0.160. The van der Waals surface area contributed by atoms with Crippen LogP contribution in [0.25, 0.3) is 0 Å². The molecule has 1 fully saturated rings. The second-order valence-electron chi connectivity index (χ2n) is 4.15. The molecule has 1 heterocycles. The van der Waals surface area contributed by atoms with Crippen LogP contribution in [0.3, 0.4) is 0 Å². The SMILES string of the molecule is CC1CN(c2ccc(F)cc2C(N)=S)CCO1. The summed E-state index contributed by atoms with van der Waals surface area (Å²) in [6, 6.07) is 4.54. The van der Waals surface area contributed by atoms with E-state index in [1.54, 1.807) is 6.07 Å². The normalized spacial score (nSPS) is 20.4. The Balaban J connectivity index is 2.33. The molecule has 1 aliphatic heterocycles. The molecule has 1 unspecified atom stereocenters. The third-order valence-corrected chi connectivity index (χ3v) is 3.03. The van der Waals surface area contributed by atoms with Gasteiger partial charge in [-0.3, -0.25) is 0 Å². The van der Waals surface area contributed by atoms with E-state index in [2.05, 4.69) is 4.90 Å². The first-order chi connectivity index (χ1) is 8.08. The van der Waals surface area contributed by atoms with Crippen LogP contribution in [0, 0.1) is 5.82 Å². The van der Waals surface area contributed by atoms with Crippen LogP contribution in [0.1, 0.15) is 12.5 Å². The Bertz CT molecular complexity index is 439. The molecular formula is C12H15FN2OS. The molecular weight excluding hydrogens is 239 g/mol. The maximum absolute atomic E-state index is 13.2. The molecule has 5 heteroatoms. The van der Waals surface area contributed by atoms with E-state index in [1.807, 2.05) is 6.92 Å². The standard InChI is InChI=1S/C12H15FN2OS/c1-8-7-15(4-5-16-8)11-3-2-9(13)6-10(11)12(14)17/h2-3,6,8H,4-5,7H2,1H3,(H2,14,17). The average molecular weight is 254 g/mol. The fraction of sp³-hybridized carbons (Fsp3) is 0.417. The topological polar surface area (TPSA) is 38.5 Å². The number of benzene rings is 1. The van der Waals surface area contributed by atoms with Crippen LogP contribution in [0.5, 0.6) is 0 Å². The summed E-state index contributed by atoms with van der Waals surface area (Å²) in [5, 5.41) is 0. The second-order valence-corrected chi connectivity index (χ2v) is 4.59. The van der Waals surface area contributed by atoms with Crippen molar-refractivity contribution in [3.8, 4) is 0 Å². The lowest BCUT2D eigenvalue weighted by molar-refractivity contribution is 0.0532. The highest BCUT2D eigenvalue weighted by atomic mass is 32.1. The number of rotatable bonds is 2. The molecule has 0 amide bonds. The quantitative estimate of drug-likeness (QED) is 0.815. The molecule has 0 bridgehead atoms. The fourth-order valence-electron chi connectivity index (χ4n) is 2.02. The van der Waals surface area contributed by atoms with Gasteiger partial charge in [0, 0.05) is 24.3 Å². The molecule has 0 radical (unpaired) electrons. The molecule has 1 aromatic rings. The van der Waals surface area contributed by atoms with Crippen molar-refractivity contribution in [1.82, 2.24) is 0 Å². The summed E-state index contributed by atoms with van der Waals surface area (Å²) in [6.07, 6.45) is 0.160. The number of hydrogen-bond acceptors (Lipinski definition) is 3. The van der Waals surface area contributed by atoms with Gasteiger partial charge >= 0.3 is 0 Å². The average Bonchev–Trinajstić information content (AvgIpc) is 2.28. The Labute approximate surface area is 105 Å². The van der Waals surface area contributed by atoms with E-state index in [1.165, 1.54) is 12.1 Å². The lowest BCUT2D eigenvalue weighted by Crippen LogP contribution is -2.42. The van der Waals surface area contributed by atoms with E-state index in [0.29, 0.717) is 12.2 Å². The lowest BCUT2D eigenvalue weighted by atomic mass is 10.1. The number of ether oxygens (including phenoxy) is 1. The van der Waals surface area contributed by atoms with Gasteiger partial charge in [0.05, 0.1) is 12.7 Å². The Morgan fingerprint density at radius 1 is 1.59 bits per heavy atom. The minimum Gasteiger partial charge on any atom is -0.389 e. The largest absolute Gasteiger partial charge is 0.389 e. The van der Waals surface area contributed by atoms with Gasteiger partial charge in [-0.15, -0.1) is 0 Å². The monoisotopic (exact) mass is 254 g/mol. The van der Waals surface area contributed by atoms with Gasteiger partial charge in [0.15, 0.2) is 0 Å². The maximum atomic E-state index is 13.2. The molecule has 0 saturated carbocycles.